The third-order valence-corrected chi connectivity index (χ3v) is 5.35. The molecule has 0 unspecified atom stereocenters. The molecule has 1 N–H and O–H groups in total. The smallest absolute Gasteiger partial charge is 0.246 e. The first kappa shape index (κ1) is 18.2. The second-order valence-corrected chi connectivity index (χ2v) is 7.21. The Kier molecular flexibility index (Phi) is 5.40. The van der Waals surface area contributed by atoms with Crippen molar-refractivity contribution in [3.8, 4) is 0 Å². The molecule has 0 spiro atoms. The van der Waals surface area contributed by atoms with Crippen LogP contribution in [-0.4, -0.2) is 32.6 Å². The molecule has 0 saturated heterocycles. The van der Waals surface area contributed by atoms with Gasteiger partial charge in [0.15, 0.2) is 5.76 Å². The van der Waals surface area contributed by atoms with Crippen molar-refractivity contribution in [2.75, 3.05) is 18.0 Å². The van der Waals surface area contributed by atoms with Crippen LogP contribution in [0.4, 0.5) is 5.69 Å². The van der Waals surface area contributed by atoms with Gasteiger partial charge < -0.3 is 9.42 Å². The molecule has 2 aromatic rings. The molecule has 1 heterocycles. The highest BCUT2D eigenvalue weighted by Gasteiger charge is 2.24. The third-order valence-electron chi connectivity index (χ3n) is 3.65. The lowest BCUT2D eigenvalue weighted by Gasteiger charge is -2.23. The van der Waals surface area contributed by atoms with Gasteiger partial charge in [-0.05, 0) is 32.4 Å². The van der Waals surface area contributed by atoms with Crippen molar-refractivity contribution in [2.24, 2.45) is 0 Å². The summed E-state index contributed by atoms with van der Waals surface area (Å²) in [4.78, 5) is 13.5. The molecule has 0 bridgehead atoms. The first-order valence-corrected chi connectivity index (χ1v) is 8.98. The average molecular weight is 351 g/mol. The molecule has 0 aliphatic carbocycles. The van der Waals surface area contributed by atoms with Crippen LogP contribution < -0.4 is 9.62 Å². The summed E-state index contributed by atoms with van der Waals surface area (Å²) in [5, 5.41) is 3.65. The van der Waals surface area contributed by atoms with Gasteiger partial charge in [-0.15, -0.1) is 0 Å². The normalized spacial score (nSPS) is 11.5. The molecule has 1 aromatic carbocycles. The van der Waals surface area contributed by atoms with E-state index in [1.54, 1.807) is 18.7 Å². The number of aryl methyl sites for hydroxylation is 3. The summed E-state index contributed by atoms with van der Waals surface area (Å²) in [6.45, 7) is 6.78. The lowest BCUT2D eigenvalue weighted by atomic mass is 10.2. The number of carbonyl (C=O) groups is 1. The number of hydrogen-bond acceptors (Lipinski definition) is 5. The standard InChI is InChI=1S/C16H21N3O4S/c1-11-7-5-6-8-15(11)19(14(4)20)10-9-17-24(21,22)16-12(2)18-23-13(16)3/h5-8,17H,9-10H2,1-4H3. The number of aromatic nitrogens is 1. The molecule has 130 valence electrons. The van der Waals surface area contributed by atoms with E-state index in [0.29, 0.717) is 5.69 Å². The molecule has 0 saturated carbocycles. The first-order valence-electron chi connectivity index (χ1n) is 7.50. The molecule has 2 rings (SSSR count). The lowest BCUT2D eigenvalue weighted by molar-refractivity contribution is -0.116. The van der Waals surface area contributed by atoms with E-state index in [2.05, 4.69) is 9.88 Å². The first-order chi connectivity index (χ1) is 11.2. The van der Waals surface area contributed by atoms with Gasteiger partial charge in [-0.1, -0.05) is 23.4 Å². The lowest BCUT2D eigenvalue weighted by Crippen LogP contribution is -2.38. The predicted octanol–water partition coefficient (Wildman–Crippen LogP) is 1.93. The Labute approximate surface area is 141 Å². The highest BCUT2D eigenvalue weighted by Crippen LogP contribution is 2.20. The summed E-state index contributed by atoms with van der Waals surface area (Å²) in [6.07, 6.45) is 0. The zero-order valence-electron chi connectivity index (χ0n) is 14.2. The molecule has 8 heteroatoms. The number of hydrogen-bond donors (Lipinski definition) is 1. The maximum atomic E-state index is 12.4. The fourth-order valence-corrected chi connectivity index (χ4v) is 3.88. The Morgan fingerprint density at radius 3 is 2.46 bits per heavy atom. The van der Waals surface area contributed by atoms with Gasteiger partial charge in [0.1, 0.15) is 10.6 Å². The van der Waals surface area contributed by atoms with Gasteiger partial charge in [-0.2, -0.15) is 0 Å². The number of rotatable bonds is 6. The van der Waals surface area contributed by atoms with Crippen molar-refractivity contribution in [1.29, 1.82) is 0 Å². The summed E-state index contributed by atoms with van der Waals surface area (Å²) in [5.41, 5.74) is 2.02. The Balaban J connectivity index is 2.12. The fourth-order valence-electron chi connectivity index (χ4n) is 2.54. The number of para-hydroxylation sites is 1. The largest absolute Gasteiger partial charge is 0.360 e. The summed E-state index contributed by atoms with van der Waals surface area (Å²) in [7, 11) is -3.74. The molecule has 1 aromatic heterocycles. The van der Waals surface area contributed by atoms with Crippen molar-refractivity contribution in [3.05, 3.63) is 41.3 Å². The van der Waals surface area contributed by atoms with Crippen LogP contribution in [0.25, 0.3) is 0 Å². The predicted molar refractivity (Wildman–Crippen MR) is 90.4 cm³/mol. The molecule has 7 nitrogen and oxygen atoms in total. The number of amides is 1. The number of nitrogens with zero attached hydrogens (tertiary/aromatic N) is 2. The maximum Gasteiger partial charge on any atom is 0.246 e. The monoisotopic (exact) mass is 351 g/mol. The SMILES string of the molecule is CC(=O)N(CCNS(=O)(=O)c1c(C)noc1C)c1ccccc1C. The summed E-state index contributed by atoms with van der Waals surface area (Å²) in [5.74, 6) is 0.0863. The highest BCUT2D eigenvalue weighted by atomic mass is 32.2. The van der Waals surface area contributed by atoms with Crippen LogP contribution in [0.3, 0.4) is 0 Å². The van der Waals surface area contributed by atoms with E-state index in [1.165, 1.54) is 6.92 Å². The summed E-state index contributed by atoms with van der Waals surface area (Å²) in [6, 6.07) is 7.46. The zero-order valence-corrected chi connectivity index (χ0v) is 15.0. The van der Waals surface area contributed by atoms with Crippen LogP contribution in [-0.2, 0) is 14.8 Å². The molecule has 24 heavy (non-hydrogen) atoms. The molecule has 0 atom stereocenters. The number of benzene rings is 1. The van der Waals surface area contributed by atoms with Gasteiger partial charge in [0.2, 0.25) is 15.9 Å². The van der Waals surface area contributed by atoms with Gasteiger partial charge in [-0.25, -0.2) is 13.1 Å². The van der Waals surface area contributed by atoms with Crippen molar-refractivity contribution in [2.45, 2.75) is 32.6 Å². The van der Waals surface area contributed by atoms with Gasteiger partial charge in [0, 0.05) is 25.7 Å². The molecule has 0 fully saturated rings. The van der Waals surface area contributed by atoms with Crippen LogP contribution in [0.2, 0.25) is 0 Å². The van der Waals surface area contributed by atoms with E-state index in [9.17, 15) is 13.2 Å². The van der Waals surface area contributed by atoms with Gasteiger partial charge in [-0.3, -0.25) is 4.79 Å². The number of sulfonamides is 1. The van der Waals surface area contributed by atoms with Crippen molar-refractivity contribution >= 4 is 21.6 Å². The molecule has 0 aliphatic rings. The van der Waals surface area contributed by atoms with Crippen molar-refractivity contribution < 1.29 is 17.7 Å². The van der Waals surface area contributed by atoms with E-state index in [0.717, 1.165) is 11.3 Å². The van der Waals surface area contributed by atoms with Crippen LogP contribution in [0.5, 0.6) is 0 Å². The Morgan fingerprint density at radius 1 is 1.25 bits per heavy atom. The van der Waals surface area contributed by atoms with Gasteiger partial charge in [0.25, 0.3) is 0 Å². The number of nitrogens with one attached hydrogen (secondary N) is 1. The fraction of sp³-hybridized carbons (Fsp3) is 0.375. The summed E-state index contributed by atoms with van der Waals surface area (Å²) >= 11 is 0. The van der Waals surface area contributed by atoms with E-state index >= 15 is 0 Å². The molecule has 0 aliphatic heterocycles. The van der Waals surface area contributed by atoms with Crippen LogP contribution >= 0.6 is 0 Å². The molecule has 1 amide bonds. The van der Waals surface area contributed by atoms with E-state index in [4.69, 9.17) is 4.52 Å². The minimum absolute atomic E-state index is 0.0489. The maximum absolute atomic E-state index is 12.4. The van der Waals surface area contributed by atoms with Crippen LogP contribution in [0, 0.1) is 20.8 Å². The Morgan fingerprint density at radius 2 is 1.92 bits per heavy atom. The van der Waals surface area contributed by atoms with E-state index < -0.39 is 10.0 Å². The van der Waals surface area contributed by atoms with Crippen molar-refractivity contribution in [1.82, 2.24) is 9.88 Å². The van der Waals surface area contributed by atoms with Gasteiger partial charge >= 0.3 is 0 Å². The topological polar surface area (TPSA) is 92.5 Å². The number of anilines is 1. The minimum atomic E-state index is -3.74. The van der Waals surface area contributed by atoms with Crippen LogP contribution in [0.15, 0.2) is 33.7 Å². The molecule has 0 radical (unpaired) electrons. The number of carbonyl (C=O) groups excluding carboxylic acids is 1. The van der Waals surface area contributed by atoms with Crippen molar-refractivity contribution in [3.63, 3.8) is 0 Å². The van der Waals surface area contributed by atoms with E-state index in [1.807, 2.05) is 31.2 Å². The second kappa shape index (κ2) is 7.14. The van der Waals surface area contributed by atoms with Crippen LogP contribution in [0.1, 0.15) is 23.9 Å². The summed E-state index contributed by atoms with van der Waals surface area (Å²) < 4.78 is 32.1. The minimum Gasteiger partial charge on any atom is -0.360 e. The average Bonchev–Trinajstić information content (AvgIpc) is 2.84. The zero-order chi connectivity index (χ0) is 17.9. The Bertz CT molecular complexity index is 823. The molecular weight excluding hydrogens is 330 g/mol. The quantitative estimate of drug-likeness (QED) is 0.858. The molecular formula is C16H21N3O4S. The third kappa shape index (κ3) is 3.82. The second-order valence-electron chi connectivity index (χ2n) is 5.51. The Hall–Kier alpha value is -2.19. The van der Waals surface area contributed by atoms with Gasteiger partial charge in [0.05, 0.1) is 0 Å². The van der Waals surface area contributed by atoms with E-state index in [-0.39, 0.29) is 29.7 Å². The highest BCUT2D eigenvalue weighted by molar-refractivity contribution is 7.89.